The number of ether oxygens (including phenoxy) is 1. The van der Waals surface area contributed by atoms with Gasteiger partial charge < -0.3 is 20.9 Å². The van der Waals surface area contributed by atoms with Crippen LogP contribution in [0.3, 0.4) is 0 Å². The minimum absolute atomic E-state index is 0.148. The normalized spacial score (nSPS) is 28.3. The Morgan fingerprint density at radius 2 is 2.41 bits per heavy atom. The molecule has 5 nitrogen and oxygen atoms in total. The van der Waals surface area contributed by atoms with E-state index in [2.05, 4.69) is 10.3 Å². The van der Waals surface area contributed by atoms with E-state index in [1.165, 1.54) is 0 Å². The predicted molar refractivity (Wildman–Crippen MR) is 66.9 cm³/mol. The van der Waals surface area contributed by atoms with Crippen molar-refractivity contribution in [2.75, 3.05) is 24.2 Å². The highest BCUT2D eigenvalue weighted by atomic mass is 16.5. The lowest BCUT2D eigenvalue weighted by atomic mass is 9.97. The van der Waals surface area contributed by atoms with E-state index >= 15 is 0 Å². The van der Waals surface area contributed by atoms with E-state index in [0.29, 0.717) is 25.3 Å². The lowest BCUT2D eigenvalue weighted by Gasteiger charge is -2.26. The standard InChI is InChI=1S/C12H19N3O2/c1-8-10(13)3-4-11(15-8)14-7-12(16)5-6-17-9(12)2/h3-4,9,16H,5-7,13H2,1-2H3,(H,14,15). The van der Waals surface area contributed by atoms with Crippen LogP contribution < -0.4 is 11.1 Å². The van der Waals surface area contributed by atoms with E-state index in [0.717, 1.165) is 11.5 Å². The number of hydrogen-bond donors (Lipinski definition) is 3. The lowest BCUT2D eigenvalue weighted by Crippen LogP contribution is -2.43. The Morgan fingerprint density at radius 1 is 1.65 bits per heavy atom. The average molecular weight is 237 g/mol. The van der Waals surface area contributed by atoms with Gasteiger partial charge in [-0.3, -0.25) is 0 Å². The van der Waals surface area contributed by atoms with Gasteiger partial charge >= 0.3 is 0 Å². The Balaban J connectivity index is 2.00. The van der Waals surface area contributed by atoms with Crippen molar-refractivity contribution in [1.82, 2.24) is 4.98 Å². The maximum absolute atomic E-state index is 10.3. The number of rotatable bonds is 3. The number of aryl methyl sites for hydroxylation is 1. The second kappa shape index (κ2) is 4.50. The minimum atomic E-state index is -0.809. The van der Waals surface area contributed by atoms with Crippen molar-refractivity contribution >= 4 is 11.5 Å². The number of nitrogens with one attached hydrogen (secondary N) is 1. The van der Waals surface area contributed by atoms with Crippen molar-refractivity contribution in [3.05, 3.63) is 17.8 Å². The average Bonchev–Trinajstić information content (AvgIpc) is 2.62. The molecule has 0 amide bonds. The zero-order valence-corrected chi connectivity index (χ0v) is 10.2. The van der Waals surface area contributed by atoms with Gasteiger partial charge in [0.05, 0.1) is 17.5 Å². The summed E-state index contributed by atoms with van der Waals surface area (Å²) in [5.74, 6) is 0.726. The Labute approximate surface area is 101 Å². The van der Waals surface area contributed by atoms with Crippen molar-refractivity contribution in [2.24, 2.45) is 0 Å². The van der Waals surface area contributed by atoms with Crippen molar-refractivity contribution in [3.8, 4) is 0 Å². The molecule has 0 radical (unpaired) electrons. The molecule has 2 heterocycles. The first kappa shape index (κ1) is 12.1. The Bertz CT molecular complexity index is 411. The number of anilines is 2. The summed E-state index contributed by atoms with van der Waals surface area (Å²) in [6.07, 6.45) is 0.500. The van der Waals surface area contributed by atoms with E-state index < -0.39 is 5.60 Å². The molecule has 17 heavy (non-hydrogen) atoms. The van der Waals surface area contributed by atoms with Crippen LogP contribution in [0.4, 0.5) is 11.5 Å². The number of nitrogen functional groups attached to an aromatic ring is 1. The Hall–Kier alpha value is -1.33. The van der Waals surface area contributed by atoms with Gasteiger partial charge in [0.25, 0.3) is 0 Å². The molecule has 1 aromatic heterocycles. The van der Waals surface area contributed by atoms with E-state index in [1.54, 1.807) is 0 Å². The van der Waals surface area contributed by atoms with Crippen molar-refractivity contribution < 1.29 is 9.84 Å². The zero-order valence-electron chi connectivity index (χ0n) is 10.2. The molecule has 0 saturated carbocycles. The highest BCUT2D eigenvalue weighted by Gasteiger charge is 2.39. The van der Waals surface area contributed by atoms with Crippen LogP contribution in [0.25, 0.3) is 0 Å². The molecule has 2 unspecified atom stereocenters. The molecule has 5 heteroatoms. The number of nitrogens with zero attached hydrogens (tertiary/aromatic N) is 1. The van der Waals surface area contributed by atoms with Crippen LogP contribution in [-0.2, 0) is 4.74 Å². The first-order chi connectivity index (χ1) is 8.01. The predicted octanol–water partition coefficient (Wildman–Crippen LogP) is 0.924. The molecule has 0 spiro atoms. The summed E-state index contributed by atoms with van der Waals surface area (Å²) in [6.45, 7) is 4.78. The molecule has 0 aliphatic carbocycles. The molecule has 4 N–H and O–H groups in total. The fraction of sp³-hybridized carbons (Fsp3) is 0.583. The second-order valence-corrected chi connectivity index (χ2v) is 4.59. The van der Waals surface area contributed by atoms with Crippen LogP contribution in [0, 0.1) is 6.92 Å². The van der Waals surface area contributed by atoms with Gasteiger partial charge in [-0.1, -0.05) is 0 Å². The number of pyridine rings is 1. The molecule has 94 valence electrons. The zero-order chi connectivity index (χ0) is 12.5. The lowest BCUT2D eigenvalue weighted by molar-refractivity contribution is -0.0176. The molecule has 1 aliphatic rings. The molecule has 0 bridgehead atoms. The monoisotopic (exact) mass is 237 g/mol. The molecule has 0 aromatic carbocycles. The summed E-state index contributed by atoms with van der Waals surface area (Å²) in [6, 6.07) is 3.62. The number of hydrogen-bond acceptors (Lipinski definition) is 5. The largest absolute Gasteiger partial charge is 0.397 e. The third kappa shape index (κ3) is 2.50. The summed E-state index contributed by atoms with van der Waals surface area (Å²) < 4.78 is 5.37. The second-order valence-electron chi connectivity index (χ2n) is 4.59. The summed E-state index contributed by atoms with van der Waals surface area (Å²) in [5.41, 5.74) is 6.35. The van der Waals surface area contributed by atoms with Crippen molar-refractivity contribution in [1.29, 1.82) is 0 Å². The number of aliphatic hydroxyl groups is 1. The minimum Gasteiger partial charge on any atom is -0.397 e. The molecule has 1 aromatic rings. The van der Waals surface area contributed by atoms with Crippen LogP contribution in [0.5, 0.6) is 0 Å². The van der Waals surface area contributed by atoms with Gasteiger partial charge in [-0.2, -0.15) is 0 Å². The van der Waals surface area contributed by atoms with Crippen LogP contribution >= 0.6 is 0 Å². The van der Waals surface area contributed by atoms with Crippen LogP contribution in [-0.4, -0.2) is 34.9 Å². The van der Waals surface area contributed by atoms with E-state index in [9.17, 15) is 5.11 Å². The van der Waals surface area contributed by atoms with E-state index in [1.807, 2.05) is 26.0 Å². The van der Waals surface area contributed by atoms with Gasteiger partial charge in [-0.05, 0) is 26.0 Å². The van der Waals surface area contributed by atoms with Crippen molar-refractivity contribution in [3.63, 3.8) is 0 Å². The fourth-order valence-electron chi connectivity index (χ4n) is 1.92. The first-order valence-corrected chi connectivity index (χ1v) is 5.82. The highest BCUT2D eigenvalue weighted by molar-refractivity contribution is 5.49. The van der Waals surface area contributed by atoms with Crippen LogP contribution in [0.15, 0.2) is 12.1 Å². The third-order valence-electron chi connectivity index (χ3n) is 3.36. The molecule has 1 saturated heterocycles. The third-order valence-corrected chi connectivity index (χ3v) is 3.36. The quantitative estimate of drug-likeness (QED) is 0.728. The maximum Gasteiger partial charge on any atom is 0.126 e. The first-order valence-electron chi connectivity index (χ1n) is 5.82. The van der Waals surface area contributed by atoms with Gasteiger partial charge in [0.1, 0.15) is 11.4 Å². The summed E-state index contributed by atoms with van der Waals surface area (Å²) >= 11 is 0. The summed E-state index contributed by atoms with van der Waals surface area (Å²) in [4.78, 5) is 4.30. The molecular weight excluding hydrogens is 218 g/mol. The van der Waals surface area contributed by atoms with Gasteiger partial charge in [0.15, 0.2) is 0 Å². The SMILES string of the molecule is Cc1nc(NCC2(O)CCOC2C)ccc1N. The molecular formula is C12H19N3O2. The fourth-order valence-corrected chi connectivity index (χ4v) is 1.92. The molecule has 1 fully saturated rings. The molecule has 1 aliphatic heterocycles. The van der Waals surface area contributed by atoms with Gasteiger partial charge in [-0.15, -0.1) is 0 Å². The number of aromatic nitrogens is 1. The number of nitrogens with two attached hydrogens (primary N) is 1. The Morgan fingerprint density at radius 3 is 3.00 bits per heavy atom. The smallest absolute Gasteiger partial charge is 0.126 e. The van der Waals surface area contributed by atoms with Gasteiger partial charge in [0, 0.05) is 19.6 Å². The highest BCUT2D eigenvalue weighted by Crippen LogP contribution is 2.26. The summed E-state index contributed by atoms with van der Waals surface area (Å²) in [5, 5.41) is 13.4. The van der Waals surface area contributed by atoms with Crippen LogP contribution in [0.2, 0.25) is 0 Å². The Kier molecular flexibility index (Phi) is 3.22. The van der Waals surface area contributed by atoms with Gasteiger partial charge in [-0.25, -0.2) is 4.98 Å². The van der Waals surface area contributed by atoms with Crippen molar-refractivity contribution in [2.45, 2.75) is 32.0 Å². The summed E-state index contributed by atoms with van der Waals surface area (Å²) in [7, 11) is 0. The van der Waals surface area contributed by atoms with E-state index in [-0.39, 0.29) is 6.10 Å². The van der Waals surface area contributed by atoms with Crippen LogP contribution in [0.1, 0.15) is 19.0 Å². The molecule has 2 atom stereocenters. The van der Waals surface area contributed by atoms with E-state index in [4.69, 9.17) is 10.5 Å². The topological polar surface area (TPSA) is 80.4 Å². The van der Waals surface area contributed by atoms with Gasteiger partial charge in [0.2, 0.25) is 0 Å². The maximum atomic E-state index is 10.3. The molecule has 2 rings (SSSR count).